The van der Waals surface area contributed by atoms with E-state index in [-0.39, 0.29) is 5.69 Å². The molecule has 132 valence electrons. The molecule has 0 bridgehead atoms. The van der Waals surface area contributed by atoms with Gasteiger partial charge in [-0.2, -0.15) is 5.10 Å². The van der Waals surface area contributed by atoms with Crippen LogP contribution in [0.2, 0.25) is 0 Å². The Hall–Kier alpha value is -2.63. The molecule has 1 aliphatic carbocycles. The molecule has 2 aromatic rings. The van der Waals surface area contributed by atoms with Gasteiger partial charge in [0.25, 0.3) is 5.69 Å². The fourth-order valence-electron chi connectivity index (χ4n) is 3.67. The second-order valence-corrected chi connectivity index (χ2v) is 6.66. The number of nitrogens with zero attached hydrogens (tertiary/aromatic N) is 3. The van der Waals surface area contributed by atoms with Gasteiger partial charge < -0.3 is 4.57 Å². The van der Waals surface area contributed by atoms with Crippen molar-refractivity contribution in [2.45, 2.75) is 52.0 Å². The third kappa shape index (κ3) is 3.90. The Labute approximate surface area is 147 Å². The lowest BCUT2D eigenvalue weighted by atomic mass is 9.95. The lowest BCUT2D eigenvalue weighted by molar-refractivity contribution is -0.384. The summed E-state index contributed by atoms with van der Waals surface area (Å²) in [5, 5.41) is 15.0. The summed E-state index contributed by atoms with van der Waals surface area (Å²) in [4.78, 5) is 10.3. The number of aryl methyl sites for hydroxylation is 1. The maximum absolute atomic E-state index is 10.7. The Kier molecular flexibility index (Phi) is 5.16. The Bertz CT molecular complexity index is 771. The molecule has 0 amide bonds. The highest BCUT2D eigenvalue weighted by atomic mass is 16.6. The molecule has 6 nitrogen and oxygen atoms in total. The van der Waals surface area contributed by atoms with E-state index in [0.717, 1.165) is 11.3 Å². The van der Waals surface area contributed by atoms with Gasteiger partial charge in [-0.3, -0.25) is 15.5 Å². The molecule has 1 aromatic carbocycles. The molecule has 0 spiro atoms. The van der Waals surface area contributed by atoms with Crippen LogP contribution in [0.5, 0.6) is 0 Å². The van der Waals surface area contributed by atoms with Crippen LogP contribution < -0.4 is 5.43 Å². The molecule has 1 aliphatic rings. The highest BCUT2D eigenvalue weighted by molar-refractivity contribution is 5.82. The van der Waals surface area contributed by atoms with Gasteiger partial charge >= 0.3 is 0 Å². The van der Waals surface area contributed by atoms with Crippen LogP contribution in [0.4, 0.5) is 11.4 Å². The molecule has 1 fully saturated rings. The predicted octanol–water partition coefficient (Wildman–Crippen LogP) is 4.96. The van der Waals surface area contributed by atoms with E-state index in [0.29, 0.717) is 6.04 Å². The minimum atomic E-state index is -0.410. The van der Waals surface area contributed by atoms with E-state index in [1.165, 1.54) is 55.6 Å². The number of nitro groups is 1. The van der Waals surface area contributed by atoms with Crippen LogP contribution >= 0.6 is 0 Å². The van der Waals surface area contributed by atoms with E-state index < -0.39 is 4.92 Å². The SMILES string of the molecule is Cc1cc(/C=N\Nc2ccc([N+](=O)[O-])cc2)c(C)n1C1CCCCC1. The van der Waals surface area contributed by atoms with Crippen LogP contribution in [0.15, 0.2) is 35.4 Å². The Morgan fingerprint density at radius 3 is 2.52 bits per heavy atom. The number of aromatic nitrogens is 1. The van der Waals surface area contributed by atoms with Crippen LogP contribution in [0, 0.1) is 24.0 Å². The highest BCUT2D eigenvalue weighted by Crippen LogP contribution is 2.31. The van der Waals surface area contributed by atoms with Crippen molar-refractivity contribution in [2.24, 2.45) is 5.10 Å². The minimum absolute atomic E-state index is 0.0746. The van der Waals surface area contributed by atoms with Gasteiger partial charge in [-0.15, -0.1) is 0 Å². The molecule has 0 aliphatic heterocycles. The van der Waals surface area contributed by atoms with E-state index in [9.17, 15) is 10.1 Å². The maximum Gasteiger partial charge on any atom is 0.269 e. The number of benzene rings is 1. The van der Waals surface area contributed by atoms with Crippen molar-refractivity contribution in [3.63, 3.8) is 0 Å². The molecule has 3 rings (SSSR count). The van der Waals surface area contributed by atoms with Gasteiger partial charge in [-0.25, -0.2) is 0 Å². The zero-order chi connectivity index (χ0) is 17.8. The summed E-state index contributed by atoms with van der Waals surface area (Å²) >= 11 is 0. The standard InChI is InChI=1S/C19H24N4O2/c1-14-12-16(15(2)22(14)18-6-4-3-5-7-18)13-20-21-17-8-10-19(11-9-17)23(24)25/h8-13,18,21H,3-7H2,1-2H3/b20-13-. The molecule has 0 radical (unpaired) electrons. The van der Waals surface area contributed by atoms with Gasteiger partial charge in [-0.1, -0.05) is 19.3 Å². The van der Waals surface area contributed by atoms with Crippen LogP contribution in [-0.4, -0.2) is 15.7 Å². The van der Waals surface area contributed by atoms with E-state index in [1.807, 2.05) is 6.21 Å². The van der Waals surface area contributed by atoms with Gasteiger partial charge in [0, 0.05) is 35.1 Å². The van der Waals surface area contributed by atoms with Gasteiger partial charge in [-0.05, 0) is 44.9 Å². The van der Waals surface area contributed by atoms with Crippen molar-refractivity contribution in [3.8, 4) is 0 Å². The van der Waals surface area contributed by atoms with Gasteiger partial charge in [0.1, 0.15) is 0 Å². The summed E-state index contributed by atoms with van der Waals surface area (Å²) in [7, 11) is 0. The van der Waals surface area contributed by atoms with E-state index in [1.54, 1.807) is 12.1 Å². The number of hydrogen-bond donors (Lipinski definition) is 1. The van der Waals surface area contributed by atoms with Crippen LogP contribution in [0.25, 0.3) is 0 Å². The Balaban J connectivity index is 1.70. The summed E-state index contributed by atoms with van der Waals surface area (Å²) < 4.78 is 2.45. The first-order valence-electron chi connectivity index (χ1n) is 8.78. The van der Waals surface area contributed by atoms with E-state index >= 15 is 0 Å². The zero-order valence-electron chi connectivity index (χ0n) is 14.7. The first kappa shape index (κ1) is 17.2. The highest BCUT2D eigenvalue weighted by Gasteiger charge is 2.19. The molecule has 1 aromatic heterocycles. The van der Waals surface area contributed by atoms with E-state index in [2.05, 4.69) is 35.0 Å². The number of rotatable bonds is 5. The van der Waals surface area contributed by atoms with Crippen LogP contribution in [0.3, 0.4) is 0 Å². The summed E-state index contributed by atoms with van der Waals surface area (Å²) in [6.07, 6.45) is 8.31. The quantitative estimate of drug-likeness (QED) is 0.475. The maximum atomic E-state index is 10.7. The fourth-order valence-corrected chi connectivity index (χ4v) is 3.67. The smallest absolute Gasteiger partial charge is 0.269 e. The van der Waals surface area contributed by atoms with Crippen molar-refractivity contribution in [1.29, 1.82) is 0 Å². The van der Waals surface area contributed by atoms with Crippen molar-refractivity contribution < 1.29 is 4.92 Å². The average molecular weight is 340 g/mol. The number of non-ortho nitro benzene ring substituents is 1. The molecule has 1 N–H and O–H groups in total. The second kappa shape index (κ2) is 7.51. The molecular weight excluding hydrogens is 316 g/mol. The molecule has 1 heterocycles. The topological polar surface area (TPSA) is 72.5 Å². The molecule has 6 heteroatoms. The van der Waals surface area contributed by atoms with Gasteiger partial charge in [0.2, 0.25) is 0 Å². The van der Waals surface area contributed by atoms with Crippen molar-refractivity contribution in [3.05, 3.63) is 57.4 Å². The first-order chi connectivity index (χ1) is 12.1. The summed E-state index contributed by atoms with van der Waals surface area (Å²) in [6.45, 7) is 4.30. The predicted molar refractivity (Wildman–Crippen MR) is 100 cm³/mol. The number of nitro benzene ring substituents is 1. The van der Waals surface area contributed by atoms with Gasteiger partial charge in [0.05, 0.1) is 16.8 Å². The molecule has 0 atom stereocenters. The molecular formula is C19H24N4O2. The number of hydrazone groups is 1. The van der Waals surface area contributed by atoms with Gasteiger partial charge in [0.15, 0.2) is 0 Å². The van der Waals surface area contributed by atoms with Crippen molar-refractivity contribution >= 4 is 17.6 Å². The summed E-state index contributed by atoms with van der Waals surface area (Å²) in [5.74, 6) is 0. The minimum Gasteiger partial charge on any atom is -0.345 e. The first-order valence-corrected chi connectivity index (χ1v) is 8.78. The molecule has 0 unspecified atom stereocenters. The number of nitrogens with one attached hydrogen (secondary N) is 1. The summed E-state index contributed by atoms with van der Waals surface area (Å²) in [6, 6.07) is 9.02. The number of hydrogen-bond acceptors (Lipinski definition) is 4. The molecule has 1 saturated carbocycles. The van der Waals surface area contributed by atoms with E-state index in [4.69, 9.17) is 0 Å². The average Bonchev–Trinajstić information content (AvgIpc) is 2.90. The summed E-state index contributed by atoms with van der Waals surface area (Å²) in [5.41, 5.74) is 7.37. The lowest BCUT2D eigenvalue weighted by Gasteiger charge is -2.26. The normalized spacial score (nSPS) is 15.6. The third-order valence-electron chi connectivity index (χ3n) is 4.94. The fraction of sp³-hybridized carbons (Fsp3) is 0.421. The zero-order valence-corrected chi connectivity index (χ0v) is 14.7. The monoisotopic (exact) mass is 340 g/mol. The third-order valence-corrected chi connectivity index (χ3v) is 4.94. The Morgan fingerprint density at radius 2 is 1.88 bits per heavy atom. The van der Waals surface area contributed by atoms with Crippen molar-refractivity contribution in [2.75, 3.05) is 5.43 Å². The molecule has 25 heavy (non-hydrogen) atoms. The molecule has 0 saturated heterocycles. The van der Waals surface area contributed by atoms with Crippen LogP contribution in [0.1, 0.15) is 55.1 Å². The number of anilines is 1. The lowest BCUT2D eigenvalue weighted by Crippen LogP contribution is -2.15. The largest absolute Gasteiger partial charge is 0.345 e. The van der Waals surface area contributed by atoms with Crippen LogP contribution in [-0.2, 0) is 0 Å². The Morgan fingerprint density at radius 1 is 1.20 bits per heavy atom. The van der Waals surface area contributed by atoms with Crippen molar-refractivity contribution in [1.82, 2.24) is 4.57 Å². The second-order valence-electron chi connectivity index (χ2n) is 6.66.